The number of carbonyl (C=O) groups excluding carboxylic acids is 1. The molecule has 2 aromatic rings. The van der Waals surface area contributed by atoms with Crippen LogP contribution in [0.15, 0.2) is 29.6 Å². The molecule has 1 amide bonds. The molecule has 1 aromatic heterocycles. The average molecular weight is 390 g/mol. The molecule has 1 aliphatic heterocycles. The van der Waals surface area contributed by atoms with Crippen LogP contribution >= 0.6 is 11.3 Å². The van der Waals surface area contributed by atoms with E-state index in [0.29, 0.717) is 17.3 Å². The van der Waals surface area contributed by atoms with Crippen LogP contribution in [0.25, 0.3) is 0 Å². The summed E-state index contributed by atoms with van der Waals surface area (Å²) in [6, 6.07) is 7.17. The van der Waals surface area contributed by atoms with E-state index in [0.717, 1.165) is 37.5 Å². The maximum atomic E-state index is 12.4. The molecule has 7 heteroatoms. The number of nitrogens with zero attached hydrogens (tertiary/aromatic N) is 2. The van der Waals surface area contributed by atoms with Crippen LogP contribution in [0.1, 0.15) is 43.2 Å². The molecule has 1 aromatic carbocycles. The summed E-state index contributed by atoms with van der Waals surface area (Å²) in [5.74, 6) is 0.616. The number of rotatable bonds is 7. The average Bonchev–Trinajstić information content (AvgIpc) is 3.06. The SMILES string of the molecule is CCCOc1ccc(C(=O)Nc2nc(CN3C[C@@H](C)O[C@H](C)C3)cs2)cc1. The molecule has 0 saturated carbocycles. The molecule has 0 spiro atoms. The number of nitrogens with one attached hydrogen (secondary N) is 1. The molecule has 1 saturated heterocycles. The third kappa shape index (κ3) is 5.76. The number of aromatic nitrogens is 1. The normalized spacial score (nSPS) is 20.4. The van der Waals surface area contributed by atoms with Crippen LogP contribution in [0.3, 0.4) is 0 Å². The second-order valence-corrected chi connectivity index (χ2v) is 7.78. The Morgan fingerprint density at radius 1 is 1.30 bits per heavy atom. The third-order valence-corrected chi connectivity index (χ3v) is 5.05. The summed E-state index contributed by atoms with van der Waals surface area (Å²) in [7, 11) is 0. The Hall–Kier alpha value is -1.96. The highest BCUT2D eigenvalue weighted by Gasteiger charge is 2.22. The highest BCUT2D eigenvalue weighted by atomic mass is 32.1. The number of ether oxygens (including phenoxy) is 2. The van der Waals surface area contributed by atoms with Crippen molar-refractivity contribution in [3.05, 3.63) is 40.9 Å². The van der Waals surface area contributed by atoms with Gasteiger partial charge in [-0.1, -0.05) is 6.92 Å². The van der Waals surface area contributed by atoms with Crippen molar-refractivity contribution in [3.63, 3.8) is 0 Å². The van der Waals surface area contributed by atoms with E-state index in [2.05, 4.69) is 36.0 Å². The zero-order valence-corrected chi connectivity index (χ0v) is 16.9. The minimum absolute atomic E-state index is 0.161. The lowest BCUT2D eigenvalue weighted by molar-refractivity contribution is -0.0707. The fourth-order valence-corrected chi connectivity index (χ4v) is 3.87. The first kappa shape index (κ1) is 19.8. The van der Waals surface area contributed by atoms with Gasteiger partial charge in [0, 0.05) is 30.6 Å². The summed E-state index contributed by atoms with van der Waals surface area (Å²) >= 11 is 1.45. The molecule has 0 radical (unpaired) electrons. The quantitative estimate of drug-likeness (QED) is 0.780. The number of carbonyl (C=O) groups is 1. The smallest absolute Gasteiger partial charge is 0.257 e. The Labute approximate surface area is 164 Å². The number of anilines is 1. The van der Waals surface area contributed by atoms with Gasteiger partial charge in [-0.25, -0.2) is 4.98 Å². The molecule has 3 rings (SSSR count). The Morgan fingerprint density at radius 3 is 2.67 bits per heavy atom. The molecule has 6 nitrogen and oxygen atoms in total. The van der Waals surface area contributed by atoms with Crippen molar-refractivity contribution in [2.75, 3.05) is 25.0 Å². The molecule has 0 unspecified atom stereocenters. The standard InChI is InChI=1S/C20H27N3O3S/c1-4-9-25-18-7-5-16(6-8-18)19(24)22-20-21-17(13-27-20)12-23-10-14(2)26-15(3)11-23/h5-8,13-15H,4,9-12H2,1-3H3,(H,21,22,24)/t14-,15-/m1/s1. The highest BCUT2D eigenvalue weighted by molar-refractivity contribution is 7.13. The first-order valence-electron chi connectivity index (χ1n) is 9.40. The predicted octanol–water partition coefficient (Wildman–Crippen LogP) is 3.79. The van der Waals surface area contributed by atoms with E-state index >= 15 is 0 Å². The van der Waals surface area contributed by atoms with E-state index in [9.17, 15) is 4.79 Å². The van der Waals surface area contributed by atoms with Gasteiger partial charge in [-0.2, -0.15) is 0 Å². The van der Waals surface area contributed by atoms with Gasteiger partial charge in [0.05, 0.1) is 24.5 Å². The third-order valence-electron chi connectivity index (χ3n) is 4.24. The van der Waals surface area contributed by atoms with E-state index in [1.807, 2.05) is 17.5 Å². The maximum absolute atomic E-state index is 12.4. The van der Waals surface area contributed by atoms with E-state index in [1.165, 1.54) is 11.3 Å². The minimum atomic E-state index is -0.161. The van der Waals surface area contributed by atoms with Crippen molar-refractivity contribution in [1.82, 2.24) is 9.88 Å². The van der Waals surface area contributed by atoms with Gasteiger partial charge in [-0.3, -0.25) is 15.0 Å². The number of hydrogen-bond donors (Lipinski definition) is 1. The van der Waals surface area contributed by atoms with E-state index < -0.39 is 0 Å². The van der Waals surface area contributed by atoms with E-state index in [-0.39, 0.29) is 18.1 Å². The van der Waals surface area contributed by atoms with Crippen LogP contribution in [-0.4, -0.2) is 47.7 Å². The molecule has 0 aliphatic carbocycles. The van der Waals surface area contributed by atoms with Gasteiger partial charge in [0.1, 0.15) is 5.75 Å². The van der Waals surface area contributed by atoms with E-state index in [1.54, 1.807) is 12.1 Å². The summed E-state index contributed by atoms with van der Waals surface area (Å²) < 4.78 is 11.3. The molecule has 1 fully saturated rings. The van der Waals surface area contributed by atoms with Crippen molar-refractivity contribution >= 4 is 22.4 Å². The van der Waals surface area contributed by atoms with Gasteiger partial charge in [0.25, 0.3) is 5.91 Å². The van der Waals surface area contributed by atoms with Gasteiger partial charge in [-0.05, 0) is 44.5 Å². The number of amides is 1. The molecular weight excluding hydrogens is 362 g/mol. The van der Waals surface area contributed by atoms with Crippen molar-refractivity contribution in [1.29, 1.82) is 0 Å². The summed E-state index contributed by atoms with van der Waals surface area (Å²) in [4.78, 5) is 19.3. The van der Waals surface area contributed by atoms with Gasteiger partial charge < -0.3 is 9.47 Å². The molecule has 2 atom stereocenters. The highest BCUT2D eigenvalue weighted by Crippen LogP contribution is 2.20. The van der Waals surface area contributed by atoms with Crippen molar-refractivity contribution in [2.24, 2.45) is 0 Å². The molecule has 146 valence electrons. The second kappa shape index (κ2) is 9.30. The summed E-state index contributed by atoms with van der Waals surface area (Å²) in [6.45, 7) is 9.49. The molecule has 27 heavy (non-hydrogen) atoms. The van der Waals surface area contributed by atoms with Crippen LogP contribution in [0, 0.1) is 0 Å². The van der Waals surface area contributed by atoms with Crippen LogP contribution in [0.2, 0.25) is 0 Å². The Kier molecular flexibility index (Phi) is 6.82. The van der Waals surface area contributed by atoms with Gasteiger partial charge in [0.15, 0.2) is 5.13 Å². The number of benzene rings is 1. The van der Waals surface area contributed by atoms with Crippen LogP contribution in [0.4, 0.5) is 5.13 Å². The molecular formula is C20H27N3O3S. The molecule has 0 bridgehead atoms. The lowest BCUT2D eigenvalue weighted by Gasteiger charge is -2.34. The summed E-state index contributed by atoms with van der Waals surface area (Å²) in [6.07, 6.45) is 1.42. The van der Waals surface area contributed by atoms with E-state index in [4.69, 9.17) is 9.47 Å². The van der Waals surface area contributed by atoms with Crippen LogP contribution in [-0.2, 0) is 11.3 Å². The topological polar surface area (TPSA) is 63.7 Å². The minimum Gasteiger partial charge on any atom is -0.494 e. The lowest BCUT2D eigenvalue weighted by atomic mass is 10.2. The Morgan fingerprint density at radius 2 is 2.00 bits per heavy atom. The van der Waals surface area contributed by atoms with Crippen LogP contribution < -0.4 is 10.1 Å². The maximum Gasteiger partial charge on any atom is 0.257 e. The summed E-state index contributed by atoms with van der Waals surface area (Å²) in [5, 5.41) is 5.50. The first-order chi connectivity index (χ1) is 13.0. The van der Waals surface area contributed by atoms with Crippen LogP contribution in [0.5, 0.6) is 5.75 Å². The Balaban J connectivity index is 1.54. The fraction of sp³-hybridized carbons (Fsp3) is 0.500. The number of hydrogen-bond acceptors (Lipinski definition) is 6. The molecule has 1 N–H and O–H groups in total. The van der Waals surface area contributed by atoms with Gasteiger partial charge in [0.2, 0.25) is 0 Å². The largest absolute Gasteiger partial charge is 0.494 e. The first-order valence-corrected chi connectivity index (χ1v) is 10.3. The zero-order valence-electron chi connectivity index (χ0n) is 16.1. The van der Waals surface area contributed by atoms with Crippen molar-refractivity contribution in [2.45, 2.75) is 45.9 Å². The summed E-state index contributed by atoms with van der Waals surface area (Å²) in [5.41, 5.74) is 1.56. The number of thiazole rings is 1. The zero-order chi connectivity index (χ0) is 19.2. The van der Waals surface area contributed by atoms with Gasteiger partial charge in [-0.15, -0.1) is 11.3 Å². The number of morpholine rings is 1. The molecule has 1 aliphatic rings. The predicted molar refractivity (Wildman–Crippen MR) is 108 cm³/mol. The molecule has 2 heterocycles. The Bertz CT molecular complexity index is 737. The lowest BCUT2D eigenvalue weighted by Crippen LogP contribution is -2.44. The van der Waals surface area contributed by atoms with Crippen molar-refractivity contribution < 1.29 is 14.3 Å². The van der Waals surface area contributed by atoms with Gasteiger partial charge >= 0.3 is 0 Å². The fourth-order valence-electron chi connectivity index (χ4n) is 3.17. The second-order valence-electron chi connectivity index (χ2n) is 6.92. The van der Waals surface area contributed by atoms with Crippen molar-refractivity contribution in [3.8, 4) is 5.75 Å². The monoisotopic (exact) mass is 389 g/mol.